The van der Waals surface area contributed by atoms with Crippen LogP contribution < -0.4 is 9.47 Å². The largest absolute Gasteiger partial charge is 0.493 e. The first-order valence-corrected chi connectivity index (χ1v) is 7.46. The second kappa shape index (κ2) is 8.49. The molecular weight excluding hydrogens is 304 g/mol. The molecule has 0 amide bonds. The van der Waals surface area contributed by atoms with Crippen molar-refractivity contribution in [3.63, 3.8) is 0 Å². The van der Waals surface area contributed by atoms with Crippen LogP contribution in [0.3, 0.4) is 0 Å². The van der Waals surface area contributed by atoms with E-state index in [4.69, 9.17) is 9.47 Å². The zero-order chi connectivity index (χ0) is 17.4. The molecule has 0 N–H and O–H groups in total. The summed E-state index contributed by atoms with van der Waals surface area (Å²) in [6.45, 7) is 1.70. The van der Waals surface area contributed by atoms with Crippen molar-refractivity contribution in [3.8, 4) is 17.6 Å². The van der Waals surface area contributed by atoms with Crippen molar-refractivity contribution in [2.75, 3.05) is 13.7 Å². The van der Waals surface area contributed by atoms with E-state index in [9.17, 15) is 10.1 Å². The van der Waals surface area contributed by atoms with Crippen molar-refractivity contribution in [1.82, 2.24) is 4.98 Å². The number of rotatable bonds is 7. The monoisotopic (exact) mass is 322 g/mol. The second-order valence-corrected chi connectivity index (χ2v) is 4.98. The summed E-state index contributed by atoms with van der Waals surface area (Å²) in [5, 5.41) is 9.24. The summed E-state index contributed by atoms with van der Waals surface area (Å²) in [5.74, 6) is -0.308. The highest BCUT2D eigenvalue weighted by Crippen LogP contribution is 2.29. The number of ether oxygens (including phenoxy) is 2. The number of hydrogen-bond donors (Lipinski definition) is 0. The number of carbonyl (C=O) groups is 1. The van der Waals surface area contributed by atoms with Gasteiger partial charge in [0.15, 0.2) is 23.2 Å². The fourth-order valence-corrected chi connectivity index (χ4v) is 2.18. The Balaban J connectivity index is 2.10. The molecule has 0 bridgehead atoms. The molecule has 0 aliphatic heterocycles. The molecule has 0 fully saturated rings. The molecule has 0 aliphatic rings. The highest BCUT2D eigenvalue weighted by Gasteiger charge is 2.22. The molecule has 24 heavy (non-hydrogen) atoms. The fraction of sp³-hybridized carbons (Fsp3) is 0.211. The Morgan fingerprint density at radius 3 is 2.79 bits per heavy atom. The third-order valence-electron chi connectivity index (χ3n) is 3.35. The van der Waals surface area contributed by atoms with Gasteiger partial charge in [-0.05, 0) is 36.8 Å². The topological polar surface area (TPSA) is 72.2 Å². The SMILES string of the molecule is CC=Cc1ccc(OCC(=O)C(C#N)c2ccccn2)c(OC)c1. The quantitative estimate of drug-likeness (QED) is 0.781. The first-order valence-electron chi connectivity index (χ1n) is 7.46. The van der Waals surface area contributed by atoms with Gasteiger partial charge in [-0.15, -0.1) is 0 Å². The van der Waals surface area contributed by atoms with Gasteiger partial charge in [0.05, 0.1) is 18.9 Å². The van der Waals surface area contributed by atoms with E-state index in [-0.39, 0.29) is 12.4 Å². The molecule has 0 saturated heterocycles. The summed E-state index contributed by atoms with van der Waals surface area (Å²) in [6, 6.07) is 12.5. The van der Waals surface area contributed by atoms with Crippen LogP contribution in [0.2, 0.25) is 0 Å². The number of allylic oxidation sites excluding steroid dienone is 1. The van der Waals surface area contributed by atoms with E-state index >= 15 is 0 Å². The summed E-state index contributed by atoms with van der Waals surface area (Å²) in [6.07, 6.45) is 5.41. The third kappa shape index (κ3) is 4.20. The minimum Gasteiger partial charge on any atom is -0.493 e. The smallest absolute Gasteiger partial charge is 0.193 e. The van der Waals surface area contributed by atoms with Crippen molar-refractivity contribution in [2.24, 2.45) is 0 Å². The van der Waals surface area contributed by atoms with E-state index in [1.54, 1.807) is 30.5 Å². The molecule has 1 unspecified atom stereocenters. The lowest BCUT2D eigenvalue weighted by Gasteiger charge is -2.12. The van der Waals surface area contributed by atoms with Crippen LogP contribution in [0.25, 0.3) is 6.08 Å². The number of ketones is 1. The Labute approximate surface area is 141 Å². The number of nitrogens with zero attached hydrogens (tertiary/aromatic N) is 2. The minimum absolute atomic E-state index is 0.228. The van der Waals surface area contributed by atoms with Gasteiger partial charge in [0.1, 0.15) is 6.61 Å². The molecule has 0 aliphatic carbocycles. The van der Waals surface area contributed by atoms with Gasteiger partial charge in [0.2, 0.25) is 0 Å². The first kappa shape index (κ1) is 17.2. The Morgan fingerprint density at radius 2 is 2.17 bits per heavy atom. The number of methoxy groups -OCH3 is 1. The summed E-state index contributed by atoms with van der Waals surface area (Å²) in [5.41, 5.74) is 1.39. The molecule has 1 atom stereocenters. The zero-order valence-corrected chi connectivity index (χ0v) is 13.6. The van der Waals surface area contributed by atoms with Crippen LogP contribution in [-0.2, 0) is 4.79 Å². The molecule has 2 rings (SSSR count). The van der Waals surface area contributed by atoms with Gasteiger partial charge in [-0.25, -0.2) is 0 Å². The summed E-state index contributed by atoms with van der Waals surface area (Å²) < 4.78 is 10.8. The van der Waals surface area contributed by atoms with E-state index in [0.717, 1.165) is 5.56 Å². The van der Waals surface area contributed by atoms with Gasteiger partial charge in [0, 0.05) is 6.20 Å². The average molecular weight is 322 g/mol. The standard InChI is InChI=1S/C19H18N2O3/c1-3-6-14-8-9-18(19(11-14)23-2)24-13-17(22)15(12-20)16-7-4-5-10-21-16/h3-11,15H,13H2,1-2H3. The Hall–Kier alpha value is -3.13. The number of benzene rings is 1. The predicted octanol–water partition coefficient (Wildman–Crippen LogP) is 3.38. The van der Waals surface area contributed by atoms with Crippen LogP contribution in [0, 0.1) is 11.3 Å². The molecule has 1 heterocycles. The number of nitriles is 1. The van der Waals surface area contributed by atoms with Gasteiger partial charge in [-0.1, -0.05) is 24.3 Å². The molecule has 5 heteroatoms. The normalized spacial score (nSPS) is 11.7. The second-order valence-electron chi connectivity index (χ2n) is 4.98. The highest BCUT2D eigenvalue weighted by atomic mass is 16.5. The van der Waals surface area contributed by atoms with E-state index in [0.29, 0.717) is 17.2 Å². The molecule has 0 spiro atoms. The Morgan fingerprint density at radius 1 is 1.33 bits per heavy atom. The van der Waals surface area contributed by atoms with E-state index in [2.05, 4.69) is 4.98 Å². The van der Waals surface area contributed by atoms with E-state index in [1.807, 2.05) is 37.3 Å². The zero-order valence-electron chi connectivity index (χ0n) is 13.6. The number of Topliss-reactive ketones (excluding diaryl/α,β-unsaturated/α-hetero) is 1. The van der Waals surface area contributed by atoms with Crippen molar-refractivity contribution in [2.45, 2.75) is 12.8 Å². The molecule has 122 valence electrons. The number of carbonyl (C=O) groups excluding carboxylic acids is 1. The van der Waals surface area contributed by atoms with E-state index in [1.165, 1.54) is 7.11 Å². The lowest BCUT2D eigenvalue weighted by atomic mass is 10.0. The fourth-order valence-electron chi connectivity index (χ4n) is 2.18. The van der Waals surface area contributed by atoms with Crippen molar-refractivity contribution >= 4 is 11.9 Å². The van der Waals surface area contributed by atoms with Gasteiger partial charge in [-0.2, -0.15) is 5.26 Å². The molecule has 1 aromatic carbocycles. The minimum atomic E-state index is -0.945. The van der Waals surface area contributed by atoms with Crippen LogP contribution >= 0.6 is 0 Å². The van der Waals surface area contributed by atoms with Crippen LogP contribution in [-0.4, -0.2) is 24.5 Å². The van der Waals surface area contributed by atoms with Gasteiger partial charge < -0.3 is 9.47 Å². The molecule has 5 nitrogen and oxygen atoms in total. The van der Waals surface area contributed by atoms with Crippen molar-refractivity contribution in [3.05, 3.63) is 59.9 Å². The predicted molar refractivity (Wildman–Crippen MR) is 90.8 cm³/mol. The van der Waals surface area contributed by atoms with Crippen LogP contribution in [0.15, 0.2) is 48.7 Å². The molecule has 2 aromatic rings. The summed E-state index contributed by atoms with van der Waals surface area (Å²) in [4.78, 5) is 16.3. The van der Waals surface area contributed by atoms with Crippen molar-refractivity contribution in [1.29, 1.82) is 5.26 Å². The number of aromatic nitrogens is 1. The summed E-state index contributed by atoms with van der Waals surface area (Å²) >= 11 is 0. The maximum atomic E-state index is 12.3. The molecular formula is C19H18N2O3. The summed E-state index contributed by atoms with van der Waals surface area (Å²) in [7, 11) is 1.54. The van der Waals surface area contributed by atoms with Gasteiger partial charge in [0.25, 0.3) is 0 Å². The highest BCUT2D eigenvalue weighted by molar-refractivity contribution is 5.89. The van der Waals surface area contributed by atoms with Gasteiger partial charge in [-0.3, -0.25) is 9.78 Å². The molecule has 0 radical (unpaired) electrons. The van der Waals surface area contributed by atoms with Crippen LogP contribution in [0.4, 0.5) is 0 Å². The Bertz CT molecular complexity index is 764. The number of pyridine rings is 1. The lowest BCUT2D eigenvalue weighted by molar-refractivity contribution is -0.121. The third-order valence-corrected chi connectivity index (χ3v) is 3.35. The molecule has 0 saturated carbocycles. The first-order chi connectivity index (χ1) is 11.7. The van der Waals surface area contributed by atoms with Gasteiger partial charge >= 0.3 is 0 Å². The van der Waals surface area contributed by atoms with E-state index < -0.39 is 5.92 Å². The Kier molecular flexibility index (Phi) is 6.09. The maximum absolute atomic E-state index is 12.3. The number of hydrogen-bond acceptors (Lipinski definition) is 5. The lowest BCUT2D eigenvalue weighted by Crippen LogP contribution is -2.20. The van der Waals surface area contributed by atoms with Crippen molar-refractivity contribution < 1.29 is 14.3 Å². The van der Waals surface area contributed by atoms with Crippen LogP contribution in [0.1, 0.15) is 24.1 Å². The maximum Gasteiger partial charge on any atom is 0.193 e. The van der Waals surface area contributed by atoms with Crippen LogP contribution in [0.5, 0.6) is 11.5 Å². The average Bonchev–Trinajstić information content (AvgIpc) is 2.62. The molecule has 1 aromatic heterocycles.